The maximum Gasteiger partial charge on any atom is 0.228 e. The Kier molecular flexibility index (Phi) is 5.01. The third-order valence-electron chi connectivity index (χ3n) is 6.18. The van der Waals surface area contributed by atoms with Gasteiger partial charge in [-0.2, -0.15) is 5.10 Å². The molecule has 0 spiro atoms. The van der Waals surface area contributed by atoms with E-state index >= 15 is 0 Å². The number of carbonyl (C=O) groups is 2. The average molecular weight is 419 g/mol. The minimum atomic E-state index is -0.258. The zero-order valence-electron chi connectivity index (χ0n) is 17.5. The number of nitrogens with zero attached hydrogens (tertiary/aromatic N) is 7. The molecule has 2 fully saturated rings. The van der Waals surface area contributed by atoms with Crippen LogP contribution in [0.1, 0.15) is 12.0 Å². The van der Waals surface area contributed by atoms with Crippen molar-refractivity contribution in [1.82, 2.24) is 29.5 Å². The lowest BCUT2D eigenvalue weighted by atomic mass is 10.1. The second-order valence-corrected chi connectivity index (χ2v) is 8.18. The first kappa shape index (κ1) is 19.5. The monoisotopic (exact) mass is 419 g/mol. The number of aromatic nitrogens is 4. The lowest BCUT2D eigenvalue weighted by molar-refractivity contribution is -0.136. The lowest BCUT2D eigenvalue weighted by Gasteiger charge is -2.36. The summed E-state index contributed by atoms with van der Waals surface area (Å²) < 4.78 is 1.73. The van der Waals surface area contributed by atoms with Crippen LogP contribution in [0.3, 0.4) is 0 Å². The maximum atomic E-state index is 13.1. The number of rotatable bonds is 4. The Labute approximate surface area is 180 Å². The second-order valence-electron chi connectivity index (χ2n) is 8.18. The Bertz CT molecular complexity index is 1110. The summed E-state index contributed by atoms with van der Waals surface area (Å²) in [7, 11) is 1.86. The predicted octanol–water partition coefficient (Wildman–Crippen LogP) is 1.06. The fraction of sp³-hybridized carbons (Fsp3) is 0.409. The van der Waals surface area contributed by atoms with E-state index in [-0.39, 0.29) is 17.7 Å². The first-order valence-electron chi connectivity index (χ1n) is 10.6. The molecule has 9 nitrogen and oxygen atoms in total. The van der Waals surface area contributed by atoms with Crippen LogP contribution < -0.4 is 4.90 Å². The zero-order chi connectivity index (χ0) is 21.4. The summed E-state index contributed by atoms with van der Waals surface area (Å²) >= 11 is 0. The number of hydrogen-bond donors (Lipinski definition) is 0. The Morgan fingerprint density at radius 2 is 1.87 bits per heavy atom. The standard InChI is InChI=1S/C22H25N7O2/c1-26-20-18(12-25-26)21(24-15-23-20)27-7-9-28(10-8-27)22(31)17-11-19(30)29(14-17)13-16-5-3-2-4-6-16/h2-6,12,15,17H,7-11,13-14H2,1H3. The number of piperazine rings is 1. The quantitative estimate of drug-likeness (QED) is 0.629. The van der Waals surface area contributed by atoms with Crippen molar-refractivity contribution in [1.29, 1.82) is 0 Å². The van der Waals surface area contributed by atoms with Gasteiger partial charge in [0.05, 0.1) is 17.5 Å². The highest BCUT2D eigenvalue weighted by Gasteiger charge is 2.37. The molecular weight excluding hydrogens is 394 g/mol. The number of carbonyl (C=O) groups excluding carboxylic acids is 2. The number of amides is 2. The van der Waals surface area contributed by atoms with E-state index < -0.39 is 0 Å². The van der Waals surface area contributed by atoms with Crippen LogP contribution in [0.4, 0.5) is 5.82 Å². The van der Waals surface area contributed by atoms with Crippen LogP contribution in [0.2, 0.25) is 0 Å². The number of likely N-dealkylation sites (tertiary alicyclic amines) is 1. The van der Waals surface area contributed by atoms with Gasteiger partial charge < -0.3 is 14.7 Å². The van der Waals surface area contributed by atoms with E-state index in [1.54, 1.807) is 22.1 Å². The first-order valence-corrected chi connectivity index (χ1v) is 10.6. The molecule has 2 aromatic heterocycles. The first-order chi connectivity index (χ1) is 15.1. The summed E-state index contributed by atoms with van der Waals surface area (Å²) in [6, 6.07) is 9.91. The Morgan fingerprint density at radius 1 is 1.10 bits per heavy atom. The molecule has 5 rings (SSSR count). The molecule has 0 bridgehead atoms. The number of anilines is 1. The molecule has 0 radical (unpaired) electrons. The van der Waals surface area contributed by atoms with Gasteiger partial charge in [0.15, 0.2) is 5.65 Å². The predicted molar refractivity (Wildman–Crippen MR) is 115 cm³/mol. The molecule has 2 aliphatic rings. The fourth-order valence-corrected chi connectivity index (χ4v) is 4.49. The Morgan fingerprint density at radius 3 is 2.65 bits per heavy atom. The molecule has 3 aromatic rings. The molecule has 160 valence electrons. The van der Waals surface area contributed by atoms with Crippen LogP contribution in [0.15, 0.2) is 42.9 Å². The van der Waals surface area contributed by atoms with Crippen LogP contribution in [0, 0.1) is 5.92 Å². The molecule has 0 N–H and O–H groups in total. The van der Waals surface area contributed by atoms with Crippen molar-refractivity contribution in [2.45, 2.75) is 13.0 Å². The molecule has 0 saturated carbocycles. The van der Waals surface area contributed by atoms with Gasteiger partial charge in [0, 0.05) is 52.7 Å². The molecule has 2 amide bonds. The summed E-state index contributed by atoms with van der Waals surface area (Å²) in [5.41, 5.74) is 1.88. The van der Waals surface area contributed by atoms with E-state index in [9.17, 15) is 9.59 Å². The van der Waals surface area contributed by atoms with Gasteiger partial charge in [-0.05, 0) is 5.56 Å². The van der Waals surface area contributed by atoms with E-state index in [1.807, 2.05) is 42.3 Å². The average Bonchev–Trinajstić information content (AvgIpc) is 3.37. The van der Waals surface area contributed by atoms with Gasteiger partial charge in [-0.1, -0.05) is 30.3 Å². The van der Waals surface area contributed by atoms with Crippen LogP contribution in [0.25, 0.3) is 11.0 Å². The van der Waals surface area contributed by atoms with Gasteiger partial charge in [0.25, 0.3) is 0 Å². The van der Waals surface area contributed by atoms with Crippen molar-refractivity contribution in [3.8, 4) is 0 Å². The molecule has 1 atom stereocenters. The van der Waals surface area contributed by atoms with Gasteiger partial charge >= 0.3 is 0 Å². The molecule has 1 aromatic carbocycles. The van der Waals surface area contributed by atoms with Crippen molar-refractivity contribution < 1.29 is 9.59 Å². The highest BCUT2D eigenvalue weighted by Crippen LogP contribution is 2.25. The van der Waals surface area contributed by atoms with E-state index in [4.69, 9.17) is 0 Å². The largest absolute Gasteiger partial charge is 0.352 e. The van der Waals surface area contributed by atoms with Crippen LogP contribution in [-0.2, 0) is 23.2 Å². The normalized spacial score (nSPS) is 19.5. The van der Waals surface area contributed by atoms with E-state index in [0.717, 1.165) is 22.4 Å². The summed E-state index contributed by atoms with van der Waals surface area (Å²) in [6.07, 6.45) is 3.64. The van der Waals surface area contributed by atoms with Gasteiger partial charge in [0.1, 0.15) is 12.1 Å². The number of fused-ring (bicyclic) bond motifs is 1. The summed E-state index contributed by atoms with van der Waals surface area (Å²) in [5, 5.41) is 5.20. The SMILES string of the molecule is Cn1ncc2c(N3CCN(C(=O)C4CC(=O)N(Cc5ccccc5)C4)CC3)ncnc21. The van der Waals surface area contributed by atoms with Crippen molar-refractivity contribution in [2.24, 2.45) is 13.0 Å². The third kappa shape index (κ3) is 3.71. The molecule has 9 heteroatoms. The highest BCUT2D eigenvalue weighted by molar-refractivity contribution is 5.90. The smallest absolute Gasteiger partial charge is 0.228 e. The zero-order valence-corrected chi connectivity index (χ0v) is 17.5. The number of hydrogen-bond acceptors (Lipinski definition) is 6. The van der Waals surface area contributed by atoms with Crippen molar-refractivity contribution >= 4 is 28.7 Å². The fourth-order valence-electron chi connectivity index (χ4n) is 4.49. The van der Waals surface area contributed by atoms with E-state index in [1.165, 1.54) is 0 Å². The topological polar surface area (TPSA) is 87.5 Å². The maximum absolute atomic E-state index is 13.1. The minimum absolute atomic E-state index is 0.0563. The molecule has 2 saturated heterocycles. The summed E-state index contributed by atoms with van der Waals surface area (Å²) in [5.74, 6) is 0.737. The van der Waals surface area contributed by atoms with Crippen molar-refractivity contribution in [2.75, 3.05) is 37.6 Å². The highest BCUT2D eigenvalue weighted by atomic mass is 16.2. The molecule has 0 aliphatic carbocycles. The Hall–Kier alpha value is -3.49. The van der Waals surface area contributed by atoms with Crippen LogP contribution in [0.5, 0.6) is 0 Å². The minimum Gasteiger partial charge on any atom is -0.352 e. The van der Waals surface area contributed by atoms with Gasteiger partial charge in [-0.25, -0.2) is 9.97 Å². The van der Waals surface area contributed by atoms with Crippen LogP contribution >= 0.6 is 0 Å². The van der Waals surface area contributed by atoms with E-state index in [2.05, 4.69) is 20.0 Å². The van der Waals surface area contributed by atoms with Crippen molar-refractivity contribution in [3.63, 3.8) is 0 Å². The van der Waals surface area contributed by atoms with Gasteiger partial charge in [-0.15, -0.1) is 0 Å². The number of aryl methyl sites for hydroxylation is 1. The van der Waals surface area contributed by atoms with Gasteiger partial charge in [0.2, 0.25) is 11.8 Å². The van der Waals surface area contributed by atoms with E-state index in [0.29, 0.717) is 45.7 Å². The molecule has 4 heterocycles. The summed E-state index contributed by atoms with van der Waals surface area (Å²) in [6.45, 7) is 3.69. The van der Waals surface area contributed by atoms with Crippen molar-refractivity contribution in [3.05, 3.63) is 48.4 Å². The molecule has 1 unspecified atom stereocenters. The summed E-state index contributed by atoms with van der Waals surface area (Å²) in [4.78, 5) is 40.2. The van der Waals surface area contributed by atoms with Gasteiger partial charge in [-0.3, -0.25) is 14.3 Å². The second kappa shape index (κ2) is 7.98. The van der Waals surface area contributed by atoms with Crippen LogP contribution in [-0.4, -0.2) is 74.1 Å². The lowest BCUT2D eigenvalue weighted by Crippen LogP contribution is -2.51. The Balaban J connectivity index is 1.21. The third-order valence-corrected chi connectivity index (χ3v) is 6.18. The molecule has 2 aliphatic heterocycles. The molecule has 31 heavy (non-hydrogen) atoms. The molecular formula is C22H25N7O2. The number of benzene rings is 1.